The molecule has 0 radical (unpaired) electrons. The lowest BCUT2D eigenvalue weighted by molar-refractivity contribution is 0.0948. The van der Waals surface area contributed by atoms with Crippen molar-refractivity contribution < 1.29 is 14.6 Å². The fourth-order valence-electron chi connectivity index (χ4n) is 1.73. The van der Waals surface area contributed by atoms with E-state index in [1.54, 1.807) is 7.11 Å². The third-order valence-corrected chi connectivity index (χ3v) is 2.93. The van der Waals surface area contributed by atoms with Crippen LogP contribution in [0.3, 0.4) is 0 Å². The molecule has 1 rings (SSSR count). The van der Waals surface area contributed by atoms with Crippen LogP contribution in [0.15, 0.2) is 18.2 Å². The zero-order valence-corrected chi connectivity index (χ0v) is 12.1. The highest BCUT2D eigenvalue weighted by Crippen LogP contribution is 2.27. The Morgan fingerprint density at radius 2 is 2.05 bits per heavy atom. The van der Waals surface area contributed by atoms with Gasteiger partial charge in [0.15, 0.2) is 0 Å². The molecule has 0 aliphatic carbocycles. The SMILES string of the molecule is COc1ccc(C(C)(C)C)cc1C(=O)NCCCO. The van der Waals surface area contributed by atoms with Crippen LogP contribution in [0.25, 0.3) is 0 Å². The van der Waals surface area contributed by atoms with Crippen molar-refractivity contribution in [2.75, 3.05) is 20.3 Å². The van der Waals surface area contributed by atoms with Crippen LogP contribution in [0.4, 0.5) is 0 Å². The summed E-state index contributed by atoms with van der Waals surface area (Å²) in [5.41, 5.74) is 1.60. The van der Waals surface area contributed by atoms with Crippen molar-refractivity contribution in [3.05, 3.63) is 29.3 Å². The van der Waals surface area contributed by atoms with Crippen molar-refractivity contribution in [1.29, 1.82) is 0 Å². The molecule has 4 nitrogen and oxygen atoms in total. The van der Waals surface area contributed by atoms with Crippen molar-refractivity contribution in [3.8, 4) is 5.75 Å². The number of ether oxygens (including phenoxy) is 1. The predicted octanol–water partition coefficient (Wildman–Crippen LogP) is 2.10. The van der Waals surface area contributed by atoms with Crippen molar-refractivity contribution >= 4 is 5.91 Å². The van der Waals surface area contributed by atoms with Gasteiger partial charge >= 0.3 is 0 Å². The predicted molar refractivity (Wildman–Crippen MR) is 75.7 cm³/mol. The van der Waals surface area contributed by atoms with Crippen molar-refractivity contribution in [2.24, 2.45) is 0 Å². The summed E-state index contributed by atoms with van der Waals surface area (Å²) in [6.45, 7) is 6.82. The molecule has 0 aromatic heterocycles. The van der Waals surface area contributed by atoms with Crippen LogP contribution in [0.2, 0.25) is 0 Å². The van der Waals surface area contributed by atoms with E-state index in [-0.39, 0.29) is 17.9 Å². The molecule has 0 bridgehead atoms. The molecule has 0 aliphatic rings. The molecule has 0 spiro atoms. The van der Waals surface area contributed by atoms with Crippen LogP contribution in [-0.4, -0.2) is 31.3 Å². The number of methoxy groups -OCH3 is 1. The first-order valence-corrected chi connectivity index (χ1v) is 6.47. The number of amides is 1. The van der Waals surface area contributed by atoms with Gasteiger partial charge in [-0.25, -0.2) is 0 Å². The van der Waals surface area contributed by atoms with Gasteiger partial charge in [0.1, 0.15) is 5.75 Å². The van der Waals surface area contributed by atoms with E-state index in [0.717, 1.165) is 5.56 Å². The van der Waals surface area contributed by atoms with Gasteiger partial charge in [-0.15, -0.1) is 0 Å². The fraction of sp³-hybridized carbons (Fsp3) is 0.533. The standard InChI is InChI=1S/C15H23NO3/c1-15(2,3)11-6-7-13(19-4)12(10-11)14(18)16-8-5-9-17/h6-7,10,17H,5,8-9H2,1-4H3,(H,16,18). The number of nitrogens with one attached hydrogen (secondary N) is 1. The second-order valence-corrected chi connectivity index (χ2v) is 5.50. The Balaban J connectivity index is 2.99. The first-order valence-electron chi connectivity index (χ1n) is 6.47. The number of carbonyl (C=O) groups excluding carboxylic acids is 1. The molecule has 0 saturated heterocycles. The van der Waals surface area contributed by atoms with Gasteiger partial charge in [-0.2, -0.15) is 0 Å². The van der Waals surface area contributed by atoms with Gasteiger partial charge in [-0.05, 0) is 29.5 Å². The van der Waals surface area contributed by atoms with Gasteiger partial charge in [-0.3, -0.25) is 4.79 Å². The Morgan fingerprint density at radius 1 is 1.37 bits per heavy atom. The maximum absolute atomic E-state index is 12.1. The van der Waals surface area contributed by atoms with E-state index in [1.165, 1.54) is 0 Å². The minimum atomic E-state index is -0.170. The average Bonchev–Trinajstić information content (AvgIpc) is 2.37. The van der Waals surface area contributed by atoms with E-state index in [4.69, 9.17) is 9.84 Å². The lowest BCUT2D eigenvalue weighted by Gasteiger charge is -2.20. The molecule has 1 aromatic rings. The lowest BCUT2D eigenvalue weighted by Crippen LogP contribution is -2.26. The lowest BCUT2D eigenvalue weighted by atomic mass is 9.86. The molecule has 0 atom stereocenters. The van der Waals surface area contributed by atoms with Crippen molar-refractivity contribution in [2.45, 2.75) is 32.6 Å². The fourth-order valence-corrected chi connectivity index (χ4v) is 1.73. The molecule has 0 fully saturated rings. The van der Waals surface area contributed by atoms with E-state index >= 15 is 0 Å². The van der Waals surface area contributed by atoms with Gasteiger partial charge in [-0.1, -0.05) is 26.8 Å². The molecule has 4 heteroatoms. The second kappa shape index (κ2) is 6.57. The summed E-state index contributed by atoms with van der Waals surface area (Å²) in [6.07, 6.45) is 0.549. The molecule has 19 heavy (non-hydrogen) atoms. The Hall–Kier alpha value is -1.55. The summed E-state index contributed by atoms with van der Waals surface area (Å²) in [5, 5.41) is 11.5. The number of hydrogen-bond acceptors (Lipinski definition) is 3. The summed E-state index contributed by atoms with van der Waals surface area (Å²) in [7, 11) is 1.55. The van der Waals surface area contributed by atoms with E-state index in [0.29, 0.717) is 24.3 Å². The van der Waals surface area contributed by atoms with Crippen molar-refractivity contribution in [1.82, 2.24) is 5.32 Å². The Kier molecular flexibility index (Phi) is 5.36. The number of aliphatic hydroxyl groups excluding tert-OH is 1. The first kappa shape index (κ1) is 15.5. The summed E-state index contributed by atoms with van der Waals surface area (Å²) in [6, 6.07) is 5.66. The molecule has 0 aliphatic heterocycles. The average molecular weight is 265 g/mol. The molecule has 0 unspecified atom stereocenters. The molecule has 1 aromatic carbocycles. The Bertz CT molecular complexity index is 436. The Labute approximate surface area is 114 Å². The molecular weight excluding hydrogens is 242 g/mol. The summed E-state index contributed by atoms with van der Waals surface area (Å²) >= 11 is 0. The van der Waals surface area contributed by atoms with E-state index in [1.807, 2.05) is 18.2 Å². The smallest absolute Gasteiger partial charge is 0.255 e. The summed E-state index contributed by atoms with van der Waals surface area (Å²) in [5.74, 6) is 0.394. The zero-order chi connectivity index (χ0) is 14.5. The quantitative estimate of drug-likeness (QED) is 0.802. The minimum absolute atomic E-state index is 0.0214. The number of rotatable bonds is 5. The first-order chi connectivity index (χ1) is 8.90. The monoisotopic (exact) mass is 265 g/mol. The second-order valence-electron chi connectivity index (χ2n) is 5.50. The third-order valence-electron chi connectivity index (χ3n) is 2.93. The number of aliphatic hydroxyl groups is 1. The molecular formula is C15H23NO3. The van der Waals surface area contributed by atoms with Crippen molar-refractivity contribution in [3.63, 3.8) is 0 Å². The number of benzene rings is 1. The molecule has 1 amide bonds. The third kappa shape index (κ3) is 4.24. The highest BCUT2D eigenvalue weighted by Gasteiger charge is 2.18. The highest BCUT2D eigenvalue weighted by molar-refractivity contribution is 5.97. The van der Waals surface area contributed by atoms with Crippen LogP contribution >= 0.6 is 0 Å². The molecule has 106 valence electrons. The van der Waals surface area contributed by atoms with Crippen LogP contribution in [-0.2, 0) is 5.41 Å². The van der Waals surface area contributed by atoms with Crippen LogP contribution < -0.4 is 10.1 Å². The van der Waals surface area contributed by atoms with Gasteiger partial charge in [0.05, 0.1) is 12.7 Å². The number of carbonyl (C=O) groups is 1. The van der Waals surface area contributed by atoms with Crippen LogP contribution in [0.1, 0.15) is 43.1 Å². The van der Waals surface area contributed by atoms with Gasteiger partial charge in [0.2, 0.25) is 0 Å². The maximum Gasteiger partial charge on any atom is 0.255 e. The van der Waals surface area contributed by atoms with Gasteiger partial charge in [0.25, 0.3) is 5.91 Å². The van der Waals surface area contributed by atoms with E-state index in [9.17, 15) is 4.79 Å². The molecule has 0 saturated carbocycles. The maximum atomic E-state index is 12.1. The molecule has 0 heterocycles. The van der Waals surface area contributed by atoms with Gasteiger partial charge in [0, 0.05) is 13.2 Å². The van der Waals surface area contributed by atoms with E-state index < -0.39 is 0 Å². The number of hydrogen-bond donors (Lipinski definition) is 2. The minimum Gasteiger partial charge on any atom is -0.496 e. The Morgan fingerprint density at radius 3 is 2.58 bits per heavy atom. The molecule has 2 N–H and O–H groups in total. The largest absolute Gasteiger partial charge is 0.496 e. The van der Waals surface area contributed by atoms with Gasteiger partial charge < -0.3 is 15.2 Å². The topological polar surface area (TPSA) is 58.6 Å². The highest BCUT2D eigenvalue weighted by atomic mass is 16.5. The van der Waals surface area contributed by atoms with E-state index in [2.05, 4.69) is 26.1 Å². The van der Waals surface area contributed by atoms with Crippen LogP contribution in [0.5, 0.6) is 5.75 Å². The zero-order valence-electron chi connectivity index (χ0n) is 12.1. The summed E-state index contributed by atoms with van der Waals surface area (Å²) < 4.78 is 5.23. The summed E-state index contributed by atoms with van der Waals surface area (Å²) in [4.78, 5) is 12.1. The normalized spacial score (nSPS) is 11.2. The van der Waals surface area contributed by atoms with Crippen LogP contribution in [0, 0.1) is 0 Å².